The molecule has 1 aliphatic rings. The number of hydrogen-bond acceptors (Lipinski definition) is 2. The Hall–Kier alpha value is -1.27. The largest absolute Gasteiger partial charge is 0.390 e. The second kappa shape index (κ2) is 5.50. The van der Waals surface area contributed by atoms with Crippen LogP contribution in [-0.2, 0) is 9.59 Å². The van der Waals surface area contributed by atoms with Crippen LogP contribution in [0, 0.1) is 5.41 Å². The van der Waals surface area contributed by atoms with Gasteiger partial charge in [0.15, 0.2) is 0 Å². The maximum atomic E-state index is 12.6. The number of hydrogen-bond donors (Lipinski definition) is 1. The van der Waals surface area contributed by atoms with Crippen molar-refractivity contribution in [3.63, 3.8) is 0 Å². The molecule has 1 N–H and O–H groups in total. The maximum absolute atomic E-state index is 12.6. The van der Waals surface area contributed by atoms with Crippen LogP contribution in [0.3, 0.4) is 0 Å². The Kier molecular flexibility index (Phi) is 4.65. The van der Waals surface area contributed by atoms with Crippen molar-refractivity contribution >= 4 is 11.8 Å². The Bertz CT molecular complexity index is 429. The molecule has 1 heterocycles. The predicted octanol–water partition coefficient (Wildman–Crippen LogP) is 2.48. The molecule has 1 rings (SSSR count). The van der Waals surface area contributed by atoms with Gasteiger partial charge >= 0.3 is 6.18 Å². The maximum Gasteiger partial charge on any atom is 0.390 e. The number of piperazine rings is 1. The van der Waals surface area contributed by atoms with Gasteiger partial charge < -0.3 is 10.2 Å². The van der Waals surface area contributed by atoms with E-state index in [1.54, 1.807) is 27.7 Å². The Morgan fingerprint density at radius 1 is 1.24 bits per heavy atom. The number of rotatable bonds is 3. The second-order valence-electron chi connectivity index (χ2n) is 6.75. The van der Waals surface area contributed by atoms with E-state index in [4.69, 9.17) is 0 Å². The minimum Gasteiger partial charge on any atom is -0.342 e. The summed E-state index contributed by atoms with van der Waals surface area (Å²) >= 11 is 0. The lowest BCUT2D eigenvalue weighted by atomic mass is 9.80. The van der Waals surface area contributed by atoms with Crippen LogP contribution < -0.4 is 5.32 Å². The molecule has 1 aliphatic heterocycles. The Labute approximate surface area is 123 Å². The summed E-state index contributed by atoms with van der Waals surface area (Å²) in [4.78, 5) is 25.9. The molecule has 122 valence electrons. The van der Waals surface area contributed by atoms with Crippen molar-refractivity contribution < 1.29 is 22.8 Å². The van der Waals surface area contributed by atoms with Gasteiger partial charge in [0.25, 0.3) is 0 Å². The molecule has 2 atom stereocenters. The fraction of sp³-hybridized carbons (Fsp3) is 0.857. The third kappa shape index (κ3) is 3.68. The molecule has 0 spiro atoms. The number of nitrogens with zero attached hydrogens (tertiary/aromatic N) is 1. The van der Waals surface area contributed by atoms with Crippen molar-refractivity contribution in [2.24, 2.45) is 5.41 Å². The standard InChI is InChI=1S/C14H23F3N2O2/c1-6-13(5)11(21)18-9(12(2,3)4)10(20)19(13)8-7-14(15,16)17/h9H,6-8H2,1-5H3,(H,18,21). The lowest BCUT2D eigenvalue weighted by Gasteiger charge is -2.49. The lowest BCUT2D eigenvalue weighted by Crippen LogP contribution is -2.71. The number of amides is 2. The van der Waals surface area contributed by atoms with Crippen molar-refractivity contribution in [1.82, 2.24) is 10.2 Å². The molecular weight excluding hydrogens is 285 g/mol. The summed E-state index contributed by atoms with van der Waals surface area (Å²) in [5.74, 6) is -0.845. The third-order valence-corrected chi connectivity index (χ3v) is 4.05. The monoisotopic (exact) mass is 308 g/mol. The number of nitrogens with one attached hydrogen (secondary N) is 1. The van der Waals surface area contributed by atoms with E-state index < -0.39 is 48.0 Å². The quantitative estimate of drug-likeness (QED) is 0.871. The van der Waals surface area contributed by atoms with Crippen LogP contribution in [0.2, 0.25) is 0 Å². The van der Waals surface area contributed by atoms with Crippen LogP contribution in [0.5, 0.6) is 0 Å². The van der Waals surface area contributed by atoms with Crippen molar-refractivity contribution in [2.45, 2.75) is 65.2 Å². The molecule has 1 saturated heterocycles. The lowest BCUT2D eigenvalue weighted by molar-refractivity contribution is -0.167. The zero-order chi connectivity index (χ0) is 16.6. The first-order valence-corrected chi connectivity index (χ1v) is 7.02. The van der Waals surface area contributed by atoms with Crippen molar-refractivity contribution in [3.8, 4) is 0 Å². The van der Waals surface area contributed by atoms with Gasteiger partial charge in [-0.25, -0.2) is 0 Å². The SMILES string of the molecule is CCC1(C)C(=O)NC(C(C)(C)C)C(=O)N1CCC(F)(F)F. The van der Waals surface area contributed by atoms with Crippen molar-refractivity contribution in [3.05, 3.63) is 0 Å². The van der Waals surface area contributed by atoms with Gasteiger partial charge in [-0.1, -0.05) is 27.7 Å². The van der Waals surface area contributed by atoms with E-state index in [2.05, 4.69) is 5.32 Å². The van der Waals surface area contributed by atoms with E-state index in [0.29, 0.717) is 0 Å². The topological polar surface area (TPSA) is 49.4 Å². The highest BCUT2D eigenvalue weighted by atomic mass is 19.4. The highest BCUT2D eigenvalue weighted by molar-refractivity contribution is 5.99. The van der Waals surface area contributed by atoms with Gasteiger partial charge in [0.05, 0.1) is 6.42 Å². The van der Waals surface area contributed by atoms with Crippen LogP contribution in [0.15, 0.2) is 0 Å². The molecule has 0 bridgehead atoms. The van der Waals surface area contributed by atoms with E-state index in [0.717, 1.165) is 4.90 Å². The summed E-state index contributed by atoms with van der Waals surface area (Å²) in [5.41, 5.74) is -1.79. The van der Waals surface area contributed by atoms with Gasteiger partial charge in [-0.2, -0.15) is 13.2 Å². The average molecular weight is 308 g/mol. The molecule has 0 aromatic heterocycles. The van der Waals surface area contributed by atoms with Gasteiger partial charge in [-0.3, -0.25) is 9.59 Å². The summed E-state index contributed by atoms with van der Waals surface area (Å²) in [7, 11) is 0. The van der Waals surface area contributed by atoms with Gasteiger partial charge in [0, 0.05) is 6.54 Å². The van der Waals surface area contributed by atoms with Crippen LogP contribution in [0.25, 0.3) is 0 Å². The van der Waals surface area contributed by atoms with E-state index in [9.17, 15) is 22.8 Å². The molecule has 0 radical (unpaired) electrons. The van der Waals surface area contributed by atoms with E-state index in [1.165, 1.54) is 6.92 Å². The minimum atomic E-state index is -4.36. The number of carbonyl (C=O) groups excluding carboxylic acids is 2. The fourth-order valence-electron chi connectivity index (χ4n) is 2.40. The molecular formula is C14H23F3N2O2. The third-order valence-electron chi connectivity index (χ3n) is 4.05. The first-order valence-electron chi connectivity index (χ1n) is 7.02. The smallest absolute Gasteiger partial charge is 0.342 e. The van der Waals surface area contributed by atoms with Gasteiger partial charge in [-0.15, -0.1) is 0 Å². The van der Waals surface area contributed by atoms with Crippen LogP contribution in [-0.4, -0.2) is 41.0 Å². The predicted molar refractivity (Wildman–Crippen MR) is 72.5 cm³/mol. The average Bonchev–Trinajstić information content (AvgIpc) is 2.30. The first-order chi connectivity index (χ1) is 9.33. The minimum absolute atomic E-state index is 0.263. The molecule has 21 heavy (non-hydrogen) atoms. The summed E-state index contributed by atoms with van der Waals surface area (Å²) in [5, 5.41) is 2.66. The van der Waals surface area contributed by atoms with Gasteiger partial charge in [-0.05, 0) is 18.8 Å². The normalized spacial score (nSPS) is 27.8. The van der Waals surface area contributed by atoms with E-state index in [-0.39, 0.29) is 6.42 Å². The zero-order valence-electron chi connectivity index (χ0n) is 13.1. The van der Waals surface area contributed by atoms with Gasteiger partial charge in [0.1, 0.15) is 11.6 Å². The van der Waals surface area contributed by atoms with Crippen molar-refractivity contribution in [1.29, 1.82) is 0 Å². The molecule has 0 aliphatic carbocycles. The first kappa shape index (κ1) is 17.8. The summed E-state index contributed by atoms with van der Waals surface area (Å²) < 4.78 is 37.4. The van der Waals surface area contributed by atoms with Crippen LogP contribution in [0.4, 0.5) is 13.2 Å². The highest BCUT2D eigenvalue weighted by Crippen LogP contribution is 2.32. The molecule has 2 amide bonds. The van der Waals surface area contributed by atoms with E-state index >= 15 is 0 Å². The Balaban J connectivity index is 3.10. The van der Waals surface area contributed by atoms with Gasteiger partial charge in [0.2, 0.25) is 11.8 Å². The molecule has 2 unspecified atom stereocenters. The number of halogens is 3. The summed E-state index contributed by atoms with van der Waals surface area (Å²) in [6, 6.07) is -0.808. The molecule has 1 fully saturated rings. The highest BCUT2D eigenvalue weighted by Gasteiger charge is 2.51. The number of alkyl halides is 3. The van der Waals surface area contributed by atoms with Crippen molar-refractivity contribution in [2.75, 3.05) is 6.54 Å². The van der Waals surface area contributed by atoms with E-state index in [1.807, 2.05) is 0 Å². The fourth-order valence-corrected chi connectivity index (χ4v) is 2.40. The Morgan fingerprint density at radius 3 is 2.14 bits per heavy atom. The zero-order valence-corrected chi connectivity index (χ0v) is 13.1. The molecule has 4 nitrogen and oxygen atoms in total. The summed E-state index contributed by atoms with van der Waals surface area (Å²) in [6.07, 6.45) is -5.21. The molecule has 0 aromatic rings. The van der Waals surface area contributed by atoms with Crippen LogP contribution >= 0.6 is 0 Å². The molecule has 0 aromatic carbocycles. The molecule has 0 saturated carbocycles. The second-order valence-corrected chi connectivity index (χ2v) is 6.75. The van der Waals surface area contributed by atoms with Crippen LogP contribution in [0.1, 0.15) is 47.5 Å². The summed E-state index contributed by atoms with van der Waals surface area (Å²) in [6.45, 7) is 8.01. The molecule has 7 heteroatoms. The Morgan fingerprint density at radius 2 is 1.76 bits per heavy atom. The number of carbonyl (C=O) groups is 2.